The van der Waals surface area contributed by atoms with Gasteiger partial charge in [0, 0.05) is 26.2 Å². The molecule has 2 amide bonds. The minimum Gasteiger partial charge on any atom is -0.493 e. The molecule has 3 heterocycles. The number of hydrogen-bond donors (Lipinski definition) is 1. The number of carbonyl (C=O) groups is 2. The summed E-state index contributed by atoms with van der Waals surface area (Å²) in [5.41, 5.74) is 1.65. The molecule has 1 fully saturated rings. The van der Waals surface area contributed by atoms with Crippen molar-refractivity contribution in [2.45, 2.75) is 6.92 Å². The number of nitrogens with zero attached hydrogens (tertiary/aromatic N) is 3. The minimum absolute atomic E-state index is 0.0215. The molecular formula is C23H24N4O4. The maximum absolute atomic E-state index is 12.6. The number of para-hydroxylation sites is 1. The first kappa shape index (κ1) is 20.5. The van der Waals surface area contributed by atoms with Crippen molar-refractivity contribution in [2.75, 3.05) is 43.0 Å². The van der Waals surface area contributed by atoms with E-state index < -0.39 is 0 Å². The number of benzene rings is 1. The zero-order valence-electron chi connectivity index (χ0n) is 17.3. The summed E-state index contributed by atoms with van der Waals surface area (Å²) in [4.78, 5) is 33.5. The Morgan fingerprint density at radius 1 is 1.10 bits per heavy atom. The number of rotatable bonds is 6. The average molecular weight is 420 g/mol. The highest BCUT2D eigenvalue weighted by Crippen LogP contribution is 2.21. The number of furan rings is 1. The van der Waals surface area contributed by atoms with Crippen molar-refractivity contribution < 1.29 is 18.7 Å². The molecule has 4 rings (SSSR count). The predicted octanol–water partition coefficient (Wildman–Crippen LogP) is 3.29. The number of piperazine rings is 1. The van der Waals surface area contributed by atoms with Crippen molar-refractivity contribution in [3.63, 3.8) is 0 Å². The van der Waals surface area contributed by atoms with E-state index in [1.165, 1.54) is 12.5 Å². The van der Waals surface area contributed by atoms with Gasteiger partial charge in [-0.15, -0.1) is 0 Å². The standard InChI is InChI=1S/C23H24N4O4/c1-2-31-20-6-4-3-5-19(20)22(28)25-18-7-8-21(24-15-18)26-10-12-27(13-11-26)23(29)17-9-14-30-16-17/h3-9,14-16H,2,10-13H2,1H3,(H,25,28). The van der Waals surface area contributed by atoms with Gasteiger partial charge >= 0.3 is 0 Å². The van der Waals surface area contributed by atoms with Crippen LogP contribution in [0.5, 0.6) is 5.75 Å². The lowest BCUT2D eigenvalue weighted by Gasteiger charge is -2.35. The lowest BCUT2D eigenvalue weighted by molar-refractivity contribution is 0.0745. The van der Waals surface area contributed by atoms with Crippen LogP contribution in [0.25, 0.3) is 0 Å². The maximum atomic E-state index is 12.6. The number of aromatic nitrogens is 1. The molecule has 1 aliphatic rings. The highest BCUT2D eigenvalue weighted by molar-refractivity contribution is 6.06. The Balaban J connectivity index is 1.35. The van der Waals surface area contributed by atoms with Gasteiger partial charge in [-0.25, -0.2) is 4.98 Å². The van der Waals surface area contributed by atoms with E-state index in [2.05, 4.69) is 15.2 Å². The number of nitrogens with one attached hydrogen (secondary N) is 1. The molecule has 0 saturated carbocycles. The van der Waals surface area contributed by atoms with Gasteiger partial charge in [-0.3, -0.25) is 9.59 Å². The first-order valence-corrected chi connectivity index (χ1v) is 10.2. The molecule has 0 spiro atoms. The first-order valence-electron chi connectivity index (χ1n) is 10.2. The summed E-state index contributed by atoms with van der Waals surface area (Å²) in [5, 5.41) is 2.86. The SMILES string of the molecule is CCOc1ccccc1C(=O)Nc1ccc(N2CCN(C(=O)c3ccoc3)CC2)nc1. The van der Waals surface area contributed by atoms with Crippen LogP contribution in [0.15, 0.2) is 65.6 Å². The molecule has 0 atom stereocenters. The van der Waals surface area contributed by atoms with E-state index in [1.807, 2.05) is 30.0 Å². The fraction of sp³-hybridized carbons (Fsp3) is 0.261. The maximum Gasteiger partial charge on any atom is 0.259 e. The Kier molecular flexibility index (Phi) is 6.16. The zero-order valence-corrected chi connectivity index (χ0v) is 17.3. The number of ether oxygens (including phenoxy) is 1. The van der Waals surface area contributed by atoms with E-state index in [1.54, 1.807) is 30.5 Å². The second-order valence-electron chi connectivity index (χ2n) is 7.08. The highest BCUT2D eigenvalue weighted by atomic mass is 16.5. The molecule has 31 heavy (non-hydrogen) atoms. The quantitative estimate of drug-likeness (QED) is 0.658. The zero-order chi connectivity index (χ0) is 21.6. The normalized spacial score (nSPS) is 13.7. The highest BCUT2D eigenvalue weighted by Gasteiger charge is 2.23. The second kappa shape index (κ2) is 9.34. The monoisotopic (exact) mass is 420 g/mol. The van der Waals surface area contributed by atoms with E-state index in [9.17, 15) is 9.59 Å². The topological polar surface area (TPSA) is 87.9 Å². The summed E-state index contributed by atoms with van der Waals surface area (Å²) in [7, 11) is 0. The molecule has 0 aliphatic carbocycles. The molecule has 3 aromatic rings. The van der Waals surface area contributed by atoms with Crippen LogP contribution in [0.1, 0.15) is 27.6 Å². The van der Waals surface area contributed by atoms with Gasteiger partial charge in [0.1, 0.15) is 17.8 Å². The van der Waals surface area contributed by atoms with E-state index >= 15 is 0 Å². The van der Waals surface area contributed by atoms with E-state index in [-0.39, 0.29) is 11.8 Å². The first-order chi connectivity index (χ1) is 15.2. The third-order valence-electron chi connectivity index (χ3n) is 5.10. The van der Waals surface area contributed by atoms with Gasteiger partial charge in [-0.05, 0) is 37.3 Å². The minimum atomic E-state index is -0.245. The van der Waals surface area contributed by atoms with Crippen LogP contribution in [0, 0.1) is 0 Å². The molecule has 1 aromatic carbocycles. The summed E-state index contributed by atoms with van der Waals surface area (Å²) >= 11 is 0. The number of hydrogen-bond acceptors (Lipinski definition) is 6. The van der Waals surface area contributed by atoms with Gasteiger partial charge in [0.25, 0.3) is 11.8 Å². The molecule has 2 aromatic heterocycles. The smallest absolute Gasteiger partial charge is 0.259 e. The summed E-state index contributed by atoms with van der Waals surface area (Å²) in [5.74, 6) is 1.09. The molecule has 0 bridgehead atoms. The van der Waals surface area contributed by atoms with Crippen molar-refractivity contribution in [1.29, 1.82) is 0 Å². The molecule has 0 radical (unpaired) electrons. The van der Waals surface area contributed by atoms with Crippen LogP contribution in [-0.2, 0) is 0 Å². The van der Waals surface area contributed by atoms with Crippen LogP contribution in [-0.4, -0.2) is 54.5 Å². The number of carbonyl (C=O) groups excluding carboxylic acids is 2. The summed E-state index contributed by atoms with van der Waals surface area (Å²) < 4.78 is 10.5. The van der Waals surface area contributed by atoms with Crippen LogP contribution in [0.2, 0.25) is 0 Å². The Labute approximate surface area is 180 Å². The van der Waals surface area contributed by atoms with Crippen LogP contribution in [0.3, 0.4) is 0 Å². The van der Waals surface area contributed by atoms with Crippen LogP contribution in [0.4, 0.5) is 11.5 Å². The molecule has 160 valence electrons. The molecule has 1 N–H and O–H groups in total. The van der Waals surface area contributed by atoms with Crippen molar-refractivity contribution in [2.24, 2.45) is 0 Å². The van der Waals surface area contributed by atoms with Crippen LogP contribution < -0.4 is 15.0 Å². The fourth-order valence-corrected chi connectivity index (χ4v) is 3.49. The van der Waals surface area contributed by atoms with Crippen molar-refractivity contribution >= 4 is 23.3 Å². The lowest BCUT2D eigenvalue weighted by Crippen LogP contribution is -2.49. The lowest BCUT2D eigenvalue weighted by atomic mass is 10.2. The van der Waals surface area contributed by atoms with E-state index in [4.69, 9.17) is 9.15 Å². The van der Waals surface area contributed by atoms with Crippen molar-refractivity contribution in [3.8, 4) is 5.75 Å². The largest absolute Gasteiger partial charge is 0.493 e. The fourth-order valence-electron chi connectivity index (χ4n) is 3.49. The van der Waals surface area contributed by atoms with E-state index in [0.29, 0.717) is 55.3 Å². The predicted molar refractivity (Wildman–Crippen MR) is 117 cm³/mol. The summed E-state index contributed by atoms with van der Waals surface area (Å²) in [6.45, 7) is 4.96. The molecular weight excluding hydrogens is 396 g/mol. The van der Waals surface area contributed by atoms with Crippen molar-refractivity contribution in [1.82, 2.24) is 9.88 Å². The number of pyridine rings is 1. The summed E-state index contributed by atoms with van der Waals surface area (Å²) in [6, 6.07) is 12.5. The molecule has 8 nitrogen and oxygen atoms in total. The van der Waals surface area contributed by atoms with E-state index in [0.717, 1.165) is 5.82 Å². The third-order valence-corrected chi connectivity index (χ3v) is 5.10. The van der Waals surface area contributed by atoms with Crippen LogP contribution >= 0.6 is 0 Å². The number of amides is 2. The summed E-state index contributed by atoms with van der Waals surface area (Å²) in [6.07, 6.45) is 4.61. The molecule has 1 saturated heterocycles. The van der Waals surface area contributed by atoms with Gasteiger partial charge < -0.3 is 24.3 Å². The molecule has 0 unspecified atom stereocenters. The Morgan fingerprint density at radius 3 is 2.58 bits per heavy atom. The van der Waals surface area contributed by atoms with Gasteiger partial charge in [0.05, 0.1) is 35.9 Å². The number of anilines is 2. The Hall–Kier alpha value is -3.81. The van der Waals surface area contributed by atoms with Gasteiger partial charge in [0.2, 0.25) is 0 Å². The Morgan fingerprint density at radius 2 is 1.90 bits per heavy atom. The van der Waals surface area contributed by atoms with Gasteiger partial charge in [-0.2, -0.15) is 0 Å². The second-order valence-corrected chi connectivity index (χ2v) is 7.08. The van der Waals surface area contributed by atoms with Gasteiger partial charge in [-0.1, -0.05) is 12.1 Å². The van der Waals surface area contributed by atoms with Crippen molar-refractivity contribution in [3.05, 3.63) is 72.3 Å². The third kappa shape index (κ3) is 4.69. The van der Waals surface area contributed by atoms with Gasteiger partial charge in [0.15, 0.2) is 0 Å². The molecule has 8 heteroatoms. The average Bonchev–Trinajstić information content (AvgIpc) is 3.35. The molecule has 1 aliphatic heterocycles. The Bertz CT molecular complexity index is 1030.